The van der Waals surface area contributed by atoms with Crippen molar-refractivity contribution >= 4 is 11.6 Å². The summed E-state index contributed by atoms with van der Waals surface area (Å²) >= 11 is 0. The van der Waals surface area contributed by atoms with Gasteiger partial charge in [-0.05, 0) is 44.2 Å². The van der Waals surface area contributed by atoms with Crippen molar-refractivity contribution in [2.75, 3.05) is 38.3 Å². The first-order chi connectivity index (χ1) is 9.72. The number of carbonyl (C=O) groups excluding carboxylic acids is 1. The lowest BCUT2D eigenvalue weighted by atomic mass is 10.2. The van der Waals surface area contributed by atoms with E-state index in [1.165, 1.54) is 0 Å². The van der Waals surface area contributed by atoms with Crippen LogP contribution >= 0.6 is 0 Å². The third-order valence-corrected chi connectivity index (χ3v) is 2.94. The Balaban J connectivity index is 2.73. The average molecular weight is 280 g/mol. The molecule has 1 rings (SSSR count). The van der Waals surface area contributed by atoms with Crippen molar-refractivity contribution in [1.29, 1.82) is 0 Å². The van der Waals surface area contributed by atoms with E-state index in [4.69, 9.17) is 15.2 Å². The minimum absolute atomic E-state index is 0.0528. The maximum Gasteiger partial charge on any atom is 0.229 e. The van der Waals surface area contributed by atoms with Gasteiger partial charge in [-0.25, -0.2) is 0 Å². The summed E-state index contributed by atoms with van der Waals surface area (Å²) in [5, 5.41) is 0. The molecular weight excluding hydrogens is 256 g/mol. The Morgan fingerprint density at radius 2 is 2.00 bits per heavy atom. The lowest BCUT2D eigenvalue weighted by Crippen LogP contribution is -2.33. The van der Waals surface area contributed by atoms with Gasteiger partial charge in [0.25, 0.3) is 0 Å². The van der Waals surface area contributed by atoms with E-state index in [1.54, 1.807) is 12.0 Å². The monoisotopic (exact) mass is 280 g/mol. The number of methoxy groups -OCH3 is 1. The summed E-state index contributed by atoms with van der Waals surface area (Å²) in [4.78, 5) is 14.0. The predicted molar refractivity (Wildman–Crippen MR) is 80.1 cm³/mol. The van der Waals surface area contributed by atoms with Crippen molar-refractivity contribution in [1.82, 2.24) is 0 Å². The maximum atomic E-state index is 12.3. The highest BCUT2D eigenvalue weighted by Gasteiger charge is 2.15. The van der Waals surface area contributed by atoms with Gasteiger partial charge < -0.3 is 20.1 Å². The molecule has 0 aromatic heterocycles. The predicted octanol–water partition coefficient (Wildman–Crippen LogP) is 1.80. The van der Waals surface area contributed by atoms with Gasteiger partial charge in [0.15, 0.2) is 0 Å². The summed E-state index contributed by atoms with van der Waals surface area (Å²) < 4.78 is 10.4. The largest absolute Gasteiger partial charge is 0.497 e. The Kier molecular flexibility index (Phi) is 7.69. The fraction of sp³-hybridized carbons (Fsp3) is 0.533. The summed E-state index contributed by atoms with van der Waals surface area (Å²) in [7, 11) is 1.62. The molecule has 1 amide bonds. The molecule has 5 heteroatoms. The second-order valence-electron chi connectivity index (χ2n) is 4.33. The number of ether oxygens (including phenoxy) is 2. The van der Waals surface area contributed by atoms with Gasteiger partial charge in [-0.3, -0.25) is 4.79 Å². The van der Waals surface area contributed by atoms with Crippen LogP contribution in [-0.2, 0) is 9.53 Å². The smallest absolute Gasteiger partial charge is 0.229 e. The summed E-state index contributed by atoms with van der Waals surface area (Å²) in [6.45, 7) is 4.17. The summed E-state index contributed by atoms with van der Waals surface area (Å²) in [6, 6.07) is 7.46. The molecule has 20 heavy (non-hydrogen) atoms. The van der Waals surface area contributed by atoms with Crippen LogP contribution < -0.4 is 15.4 Å². The van der Waals surface area contributed by atoms with Gasteiger partial charge >= 0.3 is 0 Å². The highest BCUT2D eigenvalue weighted by atomic mass is 16.5. The molecule has 0 radical (unpaired) electrons. The molecule has 0 atom stereocenters. The van der Waals surface area contributed by atoms with Gasteiger partial charge in [0.05, 0.1) is 20.1 Å². The zero-order valence-corrected chi connectivity index (χ0v) is 12.3. The number of carbonyl (C=O) groups is 1. The second-order valence-corrected chi connectivity index (χ2v) is 4.33. The summed E-state index contributed by atoms with van der Waals surface area (Å²) in [5.41, 5.74) is 6.40. The van der Waals surface area contributed by atoms with Crippen LogP contribution in [0.1, 0.15) is 19.8 Å². The fourth-order valence-corrected chi connectivity index (χ4v) is 1.85. The third kappa shape index (κ3) is 5.19. The molecule has 5 nitrogen and oxygen atoms in total. The van der Waals surface area contributed by atoms with Crippen molar-refractivity contribution < 1.29 is 14.3 Å². The molecule has 0 saturated carbocycles. The Bertz CT molecular complexity index is 393. The highest BCUT2D eigenvalue weighted by molar-refractivity contribution is 5.93. The van der Waals surface area contributed by atoms with E-state index >= 15 is 0 Å². The Morgan fingerprint density at radius 1 is 1.30 bits per heavy atom. The first kappa shape index (κ1) is 16.5. The molecule has 0 spiro atoms. The van der Waals surface area contributed by atoms with Crippen molar-refractivity contribution in [3.8, 4) is 5.75 Å². The number of hydrogen-bond acceptors (Lipinski definition) is 4. The highest BCUT2D eigenvalue weighted by Crippen LogP contribution is 2.20. The van der Waals surface area contributed by atoms with Crippen LogP contribution in [0.2, 0.25) is 0 Å². The van der Waals surface area contributed by atoms with E-state index in [9.17, 15) is 4.79 Å². The van der Waals surface area contributed by atoms with Gasteiger partial charge in [0, 0.05) is 18.8 Å². The van der Waals surface area contributed by atoms with Crippen LogP contribution in [0.25, 0.3) is 0 Å². The number of rotatable bonds is 9. The topological polar surface area (TPSA) is 64.8 Å². The van der Waals surface area contributed by atoms with E-state index < -0.39 is 0 Å². The Hall–Kier alpha value is -1.59. The SMILES string of the molecule is CCOCCC(=O)N(CCCN)c1ccc(OC)cc1. The molecule has 1 aromatic rings. The first-order valence-electron chi connectivity index (χ1n) is 6.95. The molecule has 2 N–H and O–H groups in total. The minimum atomic E-state index is 0.0528. The van der Waals surface area contributed by atoms with E-state index in [1.807, 2.05) is 31.2 Å². The molecule has 0 aliphatic rings. The lowest BCUT2D eigenvalue weighted by Gasteiger charge is -2.23. The number of nitrogens with zero attached hydrogens (tertiary/aromatic N) is 1. The zero-order valence-electron chi connectivity index (χ0n) is 12.3. The molecule has 0 heterocycles. The maximum absolute atomic E-state index is 12.3. The Labute approximate surface area is 120 Å². The summed E-state index contributed by atoms with van der Waals surface area (Å²) in [6.07, 6.45) is 1.15. The van der Waals surface area contributed by atoms with Gasteiger partial charge in [0.1, 0.15) is 5.75 Å². The number of benzene rings is 1. The molecule has 0 fully saturated rings. The molecule has 0 bridgehead atoms. The molecule has 0 unspecified atom stereocenters. The first-order valence-corrected chi connectivity index (χ1v) is 6.95. The van der Waals surface area contributed by atoms with Crippen molar-refractivity contribution in [2.45, 2.75) is 19.8 Å². The molecule has 0 saturated heterocycles. The number of nitrogens with two attached hydrogens (primary N) is 1. The second kappa shape index (κ2) is 9.34. The molecule has 0 aliphatic heterocycles. The van der Waals surface area contributed by atoms with Crippen molar-refractivity contribution in [2.24, 2.45) is 5.73 Å². The normalized spacial score (nSPS) is 10.3. The van der Waals surface area contributed by atoms with Gasteiger partial charge in [-0.1, -0.05) is 0 Å². The van der Waals surface area contributed by atoms with Crippen LogP contribution in [0.3, 0.4) is 0 Å². The minimum Gasteiger partial charge on any atom is -0.497 e. The molecule has 112 valence electrons. The van der Waals surface area contributed by atoms with Gasteiger partial charge in [0.2, 0.25) is 5.91 Å². The fourth-order valence-electron chi connectivity index (χ4n) is 1.85. The zero-order chi connectivity index (χ0) is 14.8. The van der Waals surface area contributed by atoms with Gasteiger partial charge in [-0.15, -0.1) is 0 Å². The standard InChI is InChI=1S/C15H24N2O3/c1-3-20-12-9-15(18)17(11-4-10-16)13-5-7-14(19-2)8-6-13/h5-8H,3-4,9-12,16H2,1-2H3. The third-order valence-electron chi connectivity index (χ3n) is 2.94. The van der Waals surface area contributed by atoms with Crippen LogP contribution in [0.5, 0.6) is 5.75 Å². The van der Waals surface area contributed by atoms with Crippen LogP contribution in [0.4, 0.5) is 5.69 Å². The van der Waals surface area contributed by atoms with Crippen LogP contribution in [0.15, 0.2) is 24.3 Å². The van der Waals surface area contributed by atoms with E-state index in [2.05, 4.69) is 0 Å². The molecule has 0 aliphatic carbocycles. The molecule has 1 aromatic carbocycles. The van der Waals surface area contributed by atoms with Crippen LogP contribution in [-0.4, -0.2) is 39.3 Å². The quantitative estimate of drug-likeness (QED) is 0.701. The van der Waals surface area contributed by atoms with Gasteiger partial charge in [-0.2, -0.15) is 0 Å². The van der Waals surface area contributed by atoms with Crippen molar-refractivity contribution in [3.05, 3.63) is 24.3 Å². The van der Waals surface area contributed by atoms with E-state index in [0.29, 0.717) is 32.7 Å². The lowest BCUT2D eigenvalue weighted by molar-refractivity contribution is -0.119. The average Bonchev–Trinajstić information content (AvgIpc) is 2.48. The number of anilines is 1. The van der Waals surface area contributed by atoms with E-state index in [-0.39, 0.29) is 5.91 Å². The summed E-state index contributed by atoms with van der Waals surface area (Å²) in [5.74, 6) is 0.825. The number of amides is 1. The number of hydrogen-bond donors (Lipinski definition) is 1. The Morgan fingerprint density at radius 3 is 2.55 bits per heavy atom. The molecular formula is C15H24N2O3. The van der Waals surface area contributed by atoms with E-state index in [0.717, 1.165) is 17.9 Å². The van der Waals surface area contributed by atoms with Crippen molar-refractivity contribution in [3.63, 3.8) is 0 Å². The van der Waals surface area contributed by atoms with Crippen LogP contribution in [0, 0.1) is 0 Å².